The van der Waals surface area contributed by atoms with Crippen molar-refractivity contribution in [3.63, 3.8) is 0 Å². The molecule has 0 aliphatic carbocycles. The van der Waals surface area contributed by atoms with Crippen molar-refractivity contribution >= 4 is 5.91 Å². The molecule has 47 heavy (non-hydrogen) atoms. The van der Waals surface area contributed by atoms with Gasteiger partial charge in [0.05, 0.1) is 25.9 Å². The first-order valence-electron chi connectivity index (χ1n) is 14.9. The van der Waals surface area contributed by atoms with Crippen LogP contribution < -0.4 is 5.32 Å². The highest BCUT2D eigenvalue weighted by atomic mass is 16.8. The number of hydrogen-bond acceptors (Lipinski definition) is 20. The van der Waals surface area contributed by atoms with Crippen molar-refractivity contribution in [2.45, 2.75) is 137 Å². The van der Waals surface area contributed by atoms with Crippen LogP contribution in [0.3, 0.4) is 0 Å². The number of hydrogen-bond donors (Lipinski definition) is 13. The standard InChI is InChI=1S/C26H45NO20/c1-6-12(31)15(34)18(37)24(42-6)41-5-10-13(32)16(35)19(38)25(45-10)46-21-9(4-29)44-26(20(39)17(21)36)47-22-11(27-7(2)30)23(40)43-8(3-28)14(22)33/h6,8-26,28-29,31-40H,3-5H2,1-2H3,(H,27,30)/t6-,8+,9+,10+,11+,12-,13+,14+,15+,16-,17+,18+,19+,20+,21-,22+,23-,24+,25+,26+/m0/s1. The average Bonchev–Trinajstić information content (AvgIpc) is 3.03. The zero-order valence-electron chi connectivity index (χ0n) is 25.3. The van der Waals surface area contributed by atoms with Gasteiger partial charge in [0, 0.05) is 6.92 Å². The molecule has 0 aromatic carbocycles. The van der Waals surface area contributed by atoms with Crippen LogP contribution in [0.15, 0.2) is 0 Å². The smallest absolute Gasteiger partial charge is 0.217 e. The summed E-state index contributed by atoms with van der Waals surface area (Å²) >= 11 is 0. The first-order chi connectivity index (χ1) is 22.1. The number of carbonyl (C=O) groups excluding carboxylic acids is 1. The molecule has 4 fully saturated rings. The molecule has 4 saturated heterocycles. The topological polar surface area (TPSA) is 336 Å². The SMILES string of the molecule is CC(=O)N[C@@H]1[C@@H](O[C@H]2O[C@H](CO)[C@H](O[C@H]3O[C@H](CO[C@@H]4O[C@@H](C)[C@H](O)[C@@H](O)[C@H]4O)[C@@H](O)[C@H](O)[C@H]3O)[C@H](O)[C@H]2O)[C@H](O)[C@@H](CO)O[C@@H]1O. The number of amides is 1. The van der Waals surface area contributed by atoms with Crippen molar-refractivity contribution in [1.29, 1.82) is 0 Å². The summed E-state index contributed by atoms with van der Waals surface area (Å²) in [6.45, 7) is 0.229. The number of rotatable bonds is 10. The van der Waals surface area contributed by atoms with E-state index < -0.39 is 148 Å². The molecular weight excluding hydrogens is 646 g/mol. The Bertz CT molecular complexity index is 1010. The van der Waals surface area contributed by atoms with Crippen LogP contribution in [0.2, 0.25) is 0 Å². The molecule has 0 aromatic rings. The van der Waals surface area contributed by atoms with Gasteiger partial charge in [-0.1, -0.05) is 0 Å². The van der Waals surface area contributed by atoms with E-state index in [-0.39, 0.29) is 0 Å². The Kier molecular flexibility index (Phi) is 13.2. The Morgan fingerprint density at radius 1 is 0.596 bits per heavy atom. The highest BCUT2D eigenvalue weighted by Crippen LogP contribution is 2.33. The van der Waals surface area contributed by atoms with Crippen molar-refractivity contribution < 1.29 is 99.2 Å². The van der Waals surface area contributed by atoms with Gasteiger partial charge in [0.15, 0.2) is 25.2 Å². The van der Waals surface area contributed by atoms with E-state index in [0.29, 0.717) is 0 Å². The maximum absolute atomic E-state index is 11.7. The largest absolute Gasteiger partial charge is 0.394 e. The van der Waals surface area contributed by atoms with Gasteiger partial charge in [0.25, 0.3) is 0 Å². The number of aliphatic hydroxyl groups is 12. The van der Waals surface area contributed by atoms with Gasteiger partial charge in [0.1, 0.15) is 91.5 Å². The highest BCUT2D eigenvalue weighted by molar-refractivity contribution is 5.73. The van der Waals surface area contributed by atoms with Crippen molar-refractivity contribution in [1.82, 2.24) is 5.32 Å². The molecule has 4 heterocycles. The monoisotopic (exact) mass is 691 g/mol. The van der Waals surface area contributed by atoms with Crippen molar-refractivity contribution in [2.24, 2.45) is 0 Å². The quantitative estimate of drug-likeness (QED) is 0.101. The summed E-state index contributed by atoms with van der Waals surface area (Å²) in [4.78, 5) is 11.7. The molecule has 1 amide bonds. The average molecular weight is 692 g/mol. The second-order valence-electron chi connectivity index (χ2n) is 11.9. The predicted molar refractivity (Wildman–Crippen MR) is 144 cm³/mol. The van der Waals surface area contributed by atoms with E-state index in [9.17, 15) is 66.1 Å². The van der Waals surface area contributed by atoms with Crippen molar-refractivity contribution in [3.05, 3.63) is 0 Å². The lowest BCUT2D eigenvalue weighted by molar-refractivity contribution is -0.375. The second kappa shape index (κ2) is 16.2. The number of carbonyl (C=O) groups is 1. The molecule has 4 aliphatic rings. The number of aliphatic hydroxyl groups excluding tert-OH is 12. The molecule has 0 unspecified atom stereocenters. The zero-order chi connectivity index (χ0) is 34.9. The lowest BCUT2D eigenvalue weighted by Gasteiger charge is -2.48. The summed E-state index contributed by atoms with van der Waals surface area (Å²) in [5, 5.41) is 126. The molecular formula is C26H45NO20. The van der Waals surface area contributed by atoms with E-state index in [0.717, 1.165) is 6.92 Å². The summed E-state index contributed by atoms with van der Waals surface area (Å²) in [6.07, 6.45) is -31.7. The lowest BCUT2D eigenvalue weighted by Crippen LogP contribution is -2.68. The molecule has 274 valence electrons. The maximum Gasteiger partial charge on any atom is 0.217 e. The van der Waals surface area contributed by atoms with Gasteiger partial charge in [-0.25, -0.2) is 0 Å². The number of ether oxygens (including phenoxy) is 7. The van der Waals surface area contributed by atoms with E-state index in [2.05, 4.69) is 5.32 Å². The summed E-state index contributed by atoms with van der Waals surface area (Å²) < 4.78 is 38.2. The van der Waals surface area contributed by atoms with Crippen LogP contribution >= 0.6 is 0 Å². The molecule has 0 aromatic heterocycles. The molecule has 4 aliphatic heterocycles. The van der Waals surface area contributed by atoms with E-state index in [1.165, 1.54) is 6.92 Å². The van der Waals surface area contributed by atoms with E-state index in [1.54, 1.807) is 0 Å². The van der Waals surface area contributed by atoms with Gasteiger partial charge in [-0.2, -0.15) is 0 Å². The first kappa shape index (κ1) is 38.5. The Morgan fingerprint density at radius 2 is 1.13 bits per heavy atom. The third-order valence-electron chi connectivity index (χ3n) is 8.55. The fourth-order valence-corrected chi connectivity index (χ4v) is 5.79. The summed E-state index contributed by atoms with van der Waals surface area (Å²) in [5.41, 5.74) is 0. The van der Waals surface area contributed by atoms with E-state index in [4.69, 9.17) is 33.2 Å². The molecule has 20 atom stereocenters. The van der Waals surface area contributed by atoms with Crippen LogP contribution in [-0.4, -0.2) is 210 Å². The molecule has 13 N–H and O–H groups in total. The van der Waals surface area contributed by atoms with Crippen molar-refractivity contribution in [3.8, 4) is 0 Å². The lowest BCUT2D eigenvalue weighted by atomic mass is 9.95. The highest BCUT2D eigenvalue weighted by Gasteiger charge is 2.54. The van der Waals surface area contributed by atoms with Gasteiger partial charge in [0.2, 0.25) is 5.91 Å². The minimum atomic E-state index is -2.01. The molecule has 0 saturated carbocycles. The molecule has 0 bridgehead atoms. The number of nitrogens with one attached hydrogen (secondary N) is 1. The molecule has 21 heteroatoms. The summed E-state index contributed by atoms with van der Waals surface area (Å²) in [6, 6.07) is -1.44. The third kappa shape index (κ3) is 8.20. The van der Waals surface area contributed by atoms with Gasteiger partial charge in [-0.05, 0) is 6.92 Å². The fraction of sp³-hybridized carbons (Fsp3) is 0.962. The van der Waals surface area contributed by atoms with Crippen LogP contribution in [0.1, 0.15) is 13.8 Å². The summed E-state index contributed by atoms with van der Waals surface area (Å²) in [5.74, 6) is -0.664. The van der Waals surface area contributed by atoms with E-state index in [1.807, 2.05) is 0 Å². The van der Waals surface area contributed by atoms with Crippen LogP contribution in [0, 0.1) is 0 Å². The molecule has 0 radical (unpaired) electrons. The van der Waals surface area contributed by atoms with Crippen molar-refractivity contribution in [2.75, 3.05) is 19.8 Å². The summed E-state index contributed by atoms with van der Waals surface area (Å²) in [7, 11) is 0. The zero-order valence-corrected chi connectivity index (χ0v) is 25.3. The third-order valence-corrected chi connectivity index (χ3v) is 8.55. The molecule has 21 nitrogen and oxygen atoms in total. The van der Waals surface area contributed by atoms with Crippen LogP contribution in [0.5, 0.6) is 0 Å². The fourth-order valence-electron chi connectivity index (χ4n) is 5.79. The van der Waals surface area contributed by atoms with Crippen LogP contribution in [-0.2, 0) is 38.0 Å². The molecule has 4 rings (SSSR count). The minimum absolute atomic E-state index is 0.614. The Hall–Kier alpha value is -1.29. The van der Waals surface area contributed by atoms with Gasteiger partial charge < -0.3 is 99.8 Å². The Labute approximate surface area is 267 Å². The Balaban J connectivity index is 1.44. The van der Waals surface area contributed by atoms with Gasteiger partial charge in [-0.3, -0.25) is 4.79 Å². The Morgan fingerprint density at radius 3 is 1.72 bits per heavy atom. The first-order valence-corrected chi connectivity index (χ1v) is 14.9. The normalized spacial score (nSPS) is 51.0. The van der Waals surface area contributed by atoms with E-state index >= 15 is 0 Å². The second-order valence-corrected chi connectivity index (χ2v) is 11.9. The van der Waals surface area contributed by atoms with Gasteiger partial charge in [-0.15, -0.1) is 0 Å². The van der Waals surface area contributed by atoms with Crippen LogP contribution in [0.25, 0.3) is 0 Å². The maximum atomic E-state index is 11.7. The molecule has 0 spiro atoms. The minimum Gasteiger partial charge on any atom is -0.394 e. The van der Waals surface area contributed by atoms with Crippen LogP contribution in [0.4, 0.5) is 0 Å². The predicted octanol–water partition coefficient (Wildman–Crippen LogP) is -8.58. The van der Waals surface area contributed by atoms with Gasteiger partial charge >= 0.3 is 0 Å².